The van der Waals surface area contributed by atoms with E-state index in [2.05, 4.69) is 55.7 Å². The average molecular weight is 284 g/mol. The van der Waals surface area contributed by atoms with Crippen LogP contribution in [0.3, 0.4) is 0 Å². The van der Waals surface area contributed by atoms with E-state index in [-0.39, 0.29) is 6.04 Å². The van der Waals surface area contributed by atoms with Gasteiger partial charge in [-0.2, -0.15) is 0 Å². The third kappa shape index (κ3) is 4.06. The SMILES string of the molecule is COc1ccc(CC(NN)c2ccc(C(C)C)cc2)cc1. The van der Waals surface area contributed by atoms with Crippen LogP contribution in [0.4, 0.5) is 0 Å². The fraction of sp³-hybridized carbons (Fsp3) is 0.333. The average Bonchev–Trinajstić information content (AvgIpc) is 2.53. The largest absolute Gasteiger partial charge is 0.497 e. The summed E-state index contributed by atoms with van der Waals surface area (Å²) in [6, 6.07) is 16.9. The van der Waals surface area contributed by atoms with Gasteiger partial charge in [-0.05, 0) is 41.2 Å². The summed E-state index contributed by atoms with van der Waals surface area (Å²) in [6.45, 7) is 4.40. The minimum Gasteiger partial charge on any atom is -0.497 e. The number of hydrazine groups is 1. The first-order valence-electron chi connectivity index (χ1n) is 7.33. The third-order valence-corrected chi connectivity index (χ3v) is 3.81. The van der Waals surface area contributed by atoms with Crippen LogP contribution >= 0.6 is 0 Å². The minimum absolute atomic E-state index is 0.111. The lowest BCUT2D eigenvalue weighted by molar-refractivity contribution is 0.414. The first-order valence-corrected chi connectivity index (χ1v) is 7.33. The second-order valence-corrected chi connectivity index (χ2v) is 5.59. The third-order valence-electron chi connectivity index (χ3n) is 3.81. The van der Waals surface area contributed by atoms with Crippen LogP contribution in [0.5, 0.6) is 5.75 Å². The van der Waals surface area contributed by atoms with E-state index in [1.807, 2.05) is 12.1 Å². The van der Waals surface area contributed by atoms with E-state index in [9.17, 15) is 0 Å². The summed E-state index contributed by atoms with van der Waals surface area (Å²) in [5.41, 5.74) is 6.69. The molecule has 0 aromatic heterocycles. The molecule has 112 valence electrons. The zero-order valence-corrected chi connectivity index (χ0v) is 13.0. The number of methoxy groups -OCH3 is 1. The van der Waals surface area contributed by atoms with Crippen molar-refractivity contribution in [3.63, 3.8) is 0 Å². The van der Waals surface area contributed by atoms with Gasteiger partial charge in [0, 0.05) is 6.04 Å². The molecule has 0 bridgehead atoms. The second-order valence-electron chi connectivity index (χ2n) is 5.59. The zero-order chi connectivity index (χ0) is 15.2. The maximum atomic E-state index is 5.73. The topological polar surface area (TPSA) is 47.3 Å². The van der Waals surface area contributed by atoms with Gasteiger partial charge in [0.05, 0.1) is 7.11 Å². The Balaban J connectivity index is 2.11. The van der Waals surface area contributed by atoms with E-state index >= 15 is 0 Å². The molecule has 1 atom stereocenters. The van der Waals surface area contributed by atoms with Crippen LogP contribution < -0.4 is 16.0 Å². The molecule has 0 radical (unpaired) electrons. The first kappa shape index (κ1) is 15.5. The van der Waals surface area contributed by atoms with Crippen molar-refractivity contribution in [2.24, 2.45) is 5.84 Å². The predicted molar refractivity (Wildman–Crippen MR) is 87.3 cm³/mol. The maximum Gasteiger partial charge on any atom is 0.118 e. The maximum absolute atomic E-state index is 5.73. The van der Waals surface area contributed by atoms with Gasteiger partial charge < -0.3 is 4.74 Å². The highest BCUT2D eigenvalue weighted by Gasteiger charge is 2.11. The van der Waals surface area contributed by atoms with E-state index in [4.69, 9.17) is 10.6 Å². The summed E-state index contributed by atoms with van der Waals surface area (Å²) in [4.78, 5) is 0. The lowest BCUT2D eigenvalue weighted by Gasteiger charge is -2.17. The molecule has 1 unspecified atom stereocenters. The fourth-order valence-corrected chi connectivity index (χ4v) is 2.38. The molecule has 0 saturated heterocycles. The highest BCUT2D eigenvalue weighted by molar-refractivity contribution is 5.31. The van der Waals surface area contributed by atoms with Crippen molar-refractivity contribution in [2.75, 3.05) is 7.11 Å². The Morgan fingerprint density at radius 1 is 0.952 bits per heavy atom. The second kappa shape index (κ2) is 7.25. The Labute approximate surface area is 127 Å². The summed E-state index contributed by atoms with van der Waals surface area (Å²) in [5, 5.41) is 0. The molecule has 3 nitrogen and oxygen atoms in total. The highest BCUT2D eigenvalue weighted by atomic mass is 16.5. The molecule has 0 fully saturated rings. The van der Waals surface area contributed by atoms with Crippen LogP contribution in [0, 0.1) is 0 Å². The van der Waals surface area contributed by atoms with E-state index in [0.717, 1.165) is 12.2 Å². The van der Waals surface area contributed by atoms with E-state index < -0.39 is 0 Å². The van der Waals surface area contributed by atoms with Gasteiger partial charge in [0.25, 0.3) is 0 Å². The summed E-state index contributed by atoms with van der Waals surface area (Å²) in [7, 11) is 1.68. The molecule has 0 aliphatic carbocycles. The molecular weight excluding hydrogens is 260 g/mol. The van der Waals surface area contributed by atoms with Crippen LogP contribution in [0.1, 0.15) is 42.5 Å². The molecule has 2 aromatic carbocycles. The number of ether oxygens (including phenoxy) is 1. The smallest absolute Gasteiger partial charge is 0.118 e. The van der Waals surface area contributed by atoms with Crippen LogP contribution in [0.15, 0.2) is 48.5 Å². The number of rotatable bonds is 6. The molecule has 0 aliphatic rings. The quantitative estimate of drug-likeness (QED) is 0.630. The Bertz CT molecular complexity index is 546. The van der Waals surface area contributed by atoms with E-state index in [0.29, 0.717) is 5.92 Å². The van der Waals surface area contributed by atoms with Gasteiger partial charge in [0.2, 0.25) is 0 Å². The zero-order valence-electron chi connectivity index (χ0n) is 13.0. The van der Waals surface area contributed by atoms with Gasteiger partial charge >= 0.3 is 0 Å². The summed E-state index contributed by atoms with van der Waals surface area (Å²) in [6.07, 6.45) is 0.849. The molecular formula is C18H24N2O. The van der Waals surface area contributed by atoms with Crippen molar-refractivity contribution >= 4 is 0 Å². The number of nitrogens with two attached hydrogens (primary N) is 1. The molecule has 3 heteroatoms. The summed E-state index contributed by atoms with van der Waals surface area (Å²) in [5.74, 6) is 7.15. The van der Waals surface area contributed by atoms with Crippen molar-refractivity contribution < 1.29 is 4.74 Å². The minimum atomic E-state index is 0.111. The van der Waals surface area contributed by atoms with Crippen molar-refractivity contribution in [1.82, 2.24) is 5.43 Å². The summed E-state index contributed by atoms with van der Waals surface area (Å²) < 4.78 is 5.18. The number of nitrogens with one attached hydrogen (secondary N) is 1. The van der Waals surface area contributed by atoms with E-state index in [1.54, 1.807) is 7.11 Å². The Morgan fingerprint density at radius 3 is 2.00 bits per heavy atom. The number of hydrogen-bond donors (Lipinski definition) is 2. The molecule has 2 aromatic rings. The molecule has 21 heavy (non-hydrogen) atoms. The van der Waals surface area contributed by atoms with Gasteiger partial charge in [0.1, 0.15) is 5.75 Å². The number of benzene rings is 2. The van der Waals surface area contributed by atoms with Gasteiger partial charge in [-0.3, -0.25) is 11.3 Å². The fourth-order valence-electron chi connectivity index (χ4n) is 2.38. The van der Waals surface area contributed by atoms with E-state index in [1.165, 1.54) is 16.7 Å². The Hall–Kier alpha value is -1.84. The van der Waals surface area contributed by atoms with Crippen LogP contribution in [0.2, 0.25) is 0 Å². The molecule has 2 rings (SSSR count). The molecule has 0 spiro atoms. The van der Waals surface area contributed by atoms with Crippen molar-refractivity contribution in [3.8, 4) is 5.75 Å². The van der Waals surface area contributed by atoms with Gasteiger partial charge in [-0.15, -0.1) is 0 Å². The van der Waals surface area contributed by atoms with Crippen molar-refractivity contribution in [3.05, 3.63) is 65.2 Å². The monoisotopic (exact) mass is 284 g/mol. The molecule has 0 amide bonds. The standard InChI is InChI=1S/C18H24N2O/c1-13(2)15-6-8-16(9-7-15)18(20-19)12-14-4-10-17(21-3)11-5-14/h4-11,13,18,20H,12,19H2,1-3H3. The summed E-state index contributed by atoms with van der Waals surface area (Å²) >= 11 is 0. The van der Waals surface area contributed by atoms with Crippen LogP contribution in [0.25, 0.3) is 0 Å². The molecule has 0 saturated carbocycles. The van der Waals surface area contributed by atoms with Gasteiger partial charge in [-0.1, -0.05) is 50.2 Å². The lowest BCUT2D eigenvalue weighted by atomic mass is 9.96. The molecule has 0 heterocycles. The van der Waals surface area contributed by atoms with Crippen LogP contribution in [-0.2, 0) is 6.42 Å². The Kier molecular flexibility index (Phi) is 5.37. The van der Waals surface area contributed by atoms with Gasteiger partial charge in [-0.25, -0.2) is 0 Å². The number of hydrogen-bond acceptors (Lipinski definition) is 3. The van der Waals surface area contributed by atoms with Crippen LogP contribution in [-0.4, -0.2) is 7.11 Å². The van der Waals surface area contributed by atoms with Crippen molar-refractivity contribution in [2.45, 2.75) is 32.2 Å². The van der Waals surface area contributed by atoms with Gasteiger partial charge in [0.15, 0.2) is 0 Å². The van der Waals surface area contributed by atoms with Crippen molar-refractivity contribution in [1.29, 1.82) is 0 Å². The predicted octanol–water partition coefficient (Wildman–Crippen LogP) is 3.57. The first-order chi connectivity index (χ1) is 10.1. The Morgan fingerprint density at radius 2 is 1.52 bits per heavy atom. The molecule has 0 aliphatic heterocycles. The lowest BCUT2D eigenvalue weighted by Crippen LogP contribution is -2.29. The normalized spacial score (nSPS) is 12.4. The highest BCUT2D eigenvalue weighted by Crippen LogP contribution is 2.22. The molecule has 3 N–H and O–H groups in total.